The minimum atomic E-state index is -0.938. The molecule has 0 aliphatic carbocycles. The van der Waals surface area contributed by atoms with Crippen molar-refractivity contribution in [2.45, 2.75) is 13.0 Å². The number of rotatable bonds is 6. The number of aromatic nitrogens is 1. The van der Waals surface area contributed by atoms with Crippen LogP contribution in [0.1, 0.15) is 10.6 Å². The second-order valence-electron chi connectivity index (χ2n) is 5.15. The van der Waals surface area contributed by atoms with Crippen LogP contribution in [0.25, 0.3) is 0 Å². The molecule has 2 N–H and O–H groups in total. The SMILES string of the molecule is O=C(Cc1csc(NC(=O)C2C=CC=NC2=O)n1)NCc1cccs1. The molecular weight excluding hydrogens is 360 g/mol. The minimum Gasteiger partial charge on any atom is -0.351 e. The van der Waals surface area contributed by atoms with Crippen molar-refractivity contribution in [2.24, 2.45) is 10.9 Å². The molecule has 128 valence electrons. The number of hydrogen-bond acceptors (Lipinski definition) is 6. The molecule has 0 fully saturated rings. The summed E-state index contributed by atoms with van der Waals surface area (Å²) in [6.07, 6.45) is 4.51. The van der Waals surface area contributed by atoms with Crippen molar-refractivity contribution in [1.82, 2.24) is 10.3 Å². The van der Waals surface area contributed by atoms with Gasteiger partial charge in [-0.2, -0.15) is 0 Å². The van der Waals surface area contributed by atoms with Crippen molar-refractivity contribution in [2.75, 3.05) is 5.32 Å². The third-order valence-corrected chi connectivity index (χ3v) is 4.99. The van der Waals surface area contributed by atoms with Crippen LogP contribution in [0.5, 0.6) is 0 Å². The van der Waals surface area contributed by atoms with E-state index < -0.39 is 17.7 Å². The summed E-state index contributed by atoms with van der Waals surface area (Å²) in [5, 5.41) is 9.41. The van der Waals surface area contributed by atoms with E-state index in [0.29, 0.717) is 17.4 Å². The van der Waals surface area contributed by atoms with Gasteiger partial charge in [-0.3, -0.25) is 14.4 Å². The van der Waals surface area contributed by atoms with Crippen molar-refractivity contribution < 1.29 is 14.4 Å². The number of hydrogen-bond donors (Lipinski definition) is 2. The van der Waals surface area contributed by atoms with Crippen LogP contribution in [-0.2, 0) is 27.3 Å². The van der Waals surface area contributed by atoms with Gasteiger partial charge in [-0.1, -0.05) is 12.1 Å². The smallest absolute Gasteiger partial charge is 0.262 e. The normalized spacial score (nSPS) is 16.0. The van der Waals surface area contributed by atoms with E-state index in [2.05, 4.69) is 20.6 Å². The molecule has 2 aromatic rings. The first kappa shape index (κ1) is 17.2. The Morgan fingerprint density at radius 1 is 1.28 bits per heavy atom. The fraction of sp³-hybridized carbons (Fsp3) is 0.188. The van der Waals surface area contributed by atoms with Crippen LogP contribution in [0.3, 0.4) is 0 Å². The number of nitrogens with one attached hydrogen (secondary N) is 2. The number of thiophene rings is 1. The molecule has 3 rings (SSSR count). The molecule has 1 aliphatic heterocycles. The van der Waals surface area contributed by atoms with Gasteiger partial charge in [0.15, 0.2) is 5.13 Å². The zero-order chi connectivity index (χ0) is 17.6. The Morgan fingerprint density at radius 2 is 2.16 bits per heavy atom. The van der Waals surface area contributed by atoms with Crippen LogP contribution >= 0.6 is 22.7 Å². The summed E-state index contributed by atoms with van der Waals surface area (Å²) in [4.78, 5) is 44.4. The van der Waals surface area contributed by atoms with Crippen LogP contribution < -0.4 is 10.6 Å². The van der Waals surface area contributed by atoms with E-state index in [-0.39, 0.29) is 12.3 Å². The Morgan fingerprint density at radius 3 is 2.92 bits per heavy atom. The van der Waals surface area contributed by atoms with Crippen molar-refractivity contribution in [3.8, 4) is 0 Å². The highest BCUT2D eigenvalue weighted by molar-refractivity contribution is 7.14. The molecule has 0 radical (unpaired) electrons. The first-order valence-corrected chi connectivity index (χ1v) is 9.17. The predicted molar refractivity (Wildman–Crippen MR) is 96.7 cm³/mol. The molecule has 0 saturated heterocycles. The quantitative estimate of drug-likeness (QED) is 0.753. The number of allylic oxidation sites excluding steroid dienone is 1. The second kappa shape index (κ2) is 7.95. The Balaban J connectivity index is 1.51. The maximum absolute atomic E-state index is 12.1. The van der Waals surface area contributed by atoms with Crippen LogP contribution in [0, 0.1) is 5.92 Å². The molecular formula is C16H14N4O3S2. The molecule has 2 aromatic heterocycles. The van der Waals surface area contributed by atoms with Crippen LogP contribution in [0.15, 0.2) is 40.0 Å². The first-order chi connectivity index (χ1) is 12.1. The molecule has 1 unspecified atom stereocenters. The Hall–Kier alpha value is -2.65. The fourth-order valence-corrected chi connectivity index (χ4v) is 3.45. The topological polar surface area (TPSA) is 101 Å². The van der Waals surface area contributed by atoms with Gasteiger partial charge in [0, 0.05) is 16.5 Å². The molecule has 0 spiro atoms. The number of amides is 3. The fourth-order valence-electron chi connectivity index (χ4n) is 2.09. The molecule has 7 nitrogen and oxygen atoms in total. The number of aliphatic imine (C=N–C) groups is 1. The Labute approximate surface area is 151 Å². The molecule has 1 aliphatic rings. The first-order valence-electron chi connectivity index (χ1n) is 7.41. The standard InChI is InChI=1S/C16H14N4O3S2/c21-13(18-8-11-3-2-6-24-11)7-10-9-25-16(19-10)20-15(23)12-4-1-5-17-14(12)22/h1-6,9,12H,7-8H2,(H,18,21)(H,19,20,23). The molecule has 25 heavy (non-hydrogen) atoms. The van der Waals surface area contributed by atoms with Crippen LogP contribution in [0.4, 0.5) is 5.13 Å². The summed E-state index contributed by atoms with van der Waals surface area (Å²) >= 11 is 2.78. The van der Waals surface area contributed by atoms with Crippen LogP contribution in [0.2, 0.25) is 0 Å². The highest BCUT2D eigenvalue weighted by atomic mass is 32.1. The maximum atomic E-state index is 12.1. The van der Waals surface area contributed by atoms with Crippen molar-refractivity contribution in [1.29, 1.82) is 0 Å². The molecule has 0 saturated carbocycles. The number of thiazole rings is 1. The van der Waals surface area contributed by atoms with Gasteiger partial charge in [0.1, 0.15) is 5.92 Å². The summed E-state index contributed by atoms with van der Waals surface area (Å²) < 4.78 is 0. The second-order valence-corrected chi connectivity index (χ2v) is 7.04. The molecule has 0 aromatic carbocycles. The summed E-state index contributed by atoms with van der Waals surface area (Å²) in [6, 6.07) is 3.88. The lowest BCUT2D eigenvalue weighted by atomic mass is 10.1. The molecule has 9 heteroatoms. The van der Waals surface area contributed by atoms with Crippen LogP contribution in [-0.4, -0.2) is 28.9 Å². The van der Waals surface area contributed by atoms with Gasteiger partial charge in [-0.05, 0) is 17.5 Å². The number of dihydropyridines is 1. The van der Waals surface area contributed by atoms with E-state index in [4.69, 9.17) is 0 Å². The van der Waals surface area contributed by atoms with Gasteiger partial charge in [0.25, 0.3) is 5.91 Å². The Kier molecular flexibility index (Phi) is 5.46. The van der Waals surface area contributed by atoms with E-state index >= 15 is 0 Å². The van der Waals surface area contributed by atoms with Crippen molar-refractivity contribution >= 4 is 51.7 Å². The Bertz CT molecular complexity index is 839. The minimum absolute atomic E-state index is 0.129. The van der Waals surface area contributed by atoms with Gasteiger partial charge in [0.2, 0.25) is 11.8 Å². The number of anilines is 1. The third kappa shape index (κ3) is 4.68. The molecule has 3 heterocycles. The van der Waals surface area contributed by atoms with E-state index in [1.165, 1.54) is 23.6 Å². The number of nitrogens with zero attached hydrogens (tertiary/aromatic N) is 2. The summed E-state index contributed by atoms with van der Waals surface area (Å²) in [6.45, 7) is 0.487. The largest absolute Gasteiger partial charge is 0.351 e. The van der Waals surface area contributed by atoms with Crippen molar-refractivity contribution in [3.05, 3.63) is 45.6 Å². The summed E-state index contributed by atoms with van der Waals surface area (Å²) in [7, 11) is 0. The van der Waals surface area contributed by atoms with E-state index in [0.717, 1.165) is 4.88 Å². The predicted octanol–water partition coefficient (Wildman–Crippen LogP) is 1.79. The average molecular weight is 374 g/mol. The molecule has 1 atom stereocenters. The van der Waals surface area contributed by atoms with Gasteiger partial charge in [-0.25, -0.2) is 9.98 Å². The number of carbonyl (C=O) groups is 3. The lowest BCUT2D eigenvalue weighted by Gasteiger charge is -2.09. The summed E-state index contributed by atoms with van der Waals surface area (Å²) in [5.41, 5.74) is 0.563. The van der Waals surface area contributed by atoms with Gasteiger partial charge in [0.05, 0.1) is 18.7 Å². The average Bonchev–Trinajstić information content (AvgIpc) is 3.25. The van der Waals surface area contributed by atoms with Gasteiger partial charge in [-0.15, -0.1) is 22.7 Å². The van der Waals surface area contributed by atoms with Crippen molar-refractivity contribution in [3.63, 3.8) is 0 Å². The molecule has 3 amide bonds. The third-order valence-electron chi connectivity index (χ3n) is 3.30. The zero-order valence-electron chi connectivity index (χ0n) is 13.0. The maximum Gasteiger partial charge on any atom is 0.262 e. The highest BCUT2D eigenvalue weighted by Gasteiger charge is 2.25. The highest BCUT2D eigenvalue weighted by Crippen LogP contribution is 2.18. The lowest BCUT2D eigenvalue weighted by molar-refractivity contribution is -0.128. The zero-order valence-corrected chi connectivity index (χ0v) is 14.6. The summed E-state index contributed by atoms with van der Waals surface area (Å²) in [5.74, 6) is -2.08. The lowest BCUT2D eigenvalue weighted by Crippen LogP contribution is -2.28. The molecule has 0 bridgehead atoms. The monoisotopic (exact) mass is 374 g/mol. The van der Waals surface area contributed by atoms with E-state index in [9.17, 15) is 14.4 Å². The van der Waals surface area contributed by atoms with E-state index in [1.54, 1.807) is 22.8 Å². The number of carbonyl (C=O) groups excluding carboxylic acids is 3. The van der Waals surface area contributed by atoms with Gasteiger partial charge < -0.3 is 10.6 Å². The van der Waals surface area contributed by atoms with Gasteiger partial charge >= 0.3 is 0 Å². The van der Waals surface area contributed by atoms with E-state index in [1.807, 2.05) is 17.5 Å².